The molecule has 3 amide bonds. The normalized spacial score (nSPS) is 19.9. The maximum absolute atomic E-state index is 12.3. The van der Waals surface area contributed by atoms with Gasteiger partial charge in [0.25, 0.3) is 5.91 Å². The molecule has 2 rings (SSSR count). The fourth-order valence-electron chi connectivity index (χ4n) is 1.92. The molecule has 1 aliphatic heterocycles. The molecule has 1 unspecified atom stereocenters. The fourth-order valence-corrected chi connectivity index (χ4v) is 1.92. The van der Waals surface area contributed by atoms with Crippen molar-refractivity contribution < 1.29 is 18.8 Å². The van der Waals surface area contributed by atoms with Crippen LogP contribution in [0, 0.1) is 0 Å². The number of nitrogens with zero attached hydrogens (tertiary/aromatic N) is 1. The summed E-state index contributed by atoms with van der Waals surface area (Å²) in [6.07, 6.45) is 2.01. The van der Waals surface area contributed by atoms with Crippen LogP contribution in [0.4, 0.5) is 0 Å². The van der Waals surface area contributed by atoms with E-state index in [0.717, 1.165) is 0 Å². The molecule has 1 aliphatic rings. The van der Waals surface area contributed by atoms with Crippen LogP contribution in [0.2, 0.25) is 0 Å². The van der Waals surface area contributed by atoms with E-state index in [2.05, 4.69) is 5.32 Å². The third-order valence-corrected chi connectivity index (χ3v) is 2.98. The van der Waals surface area contributed by atoms with E-state index in [0.29, 0.717) is 17.7 Å². The smallest absolute Gasteiger partial charge is 0.258 e. The van der Waals surface area contributed by atoms with Crippen molar-refractivity contribution in [1.82, 2.24) is 10.2 Å². The van der Waals surface area contributed by atoms with Crippen molar-refractivity contribution in [2.75, 3.05) is 6.54 Å². The monoisotopic (exact) mass is 250 g/mol. The minimum absolute atomic E-state index is 0.111. The van der Waals surface area contributed by atoms with Crippen molar-refractivity contribution in [3.63, 3.8) is 0 Å². The molecule has 18 heavy (non-hydrogen) atoms. The Hall–Kier alpha value is -2.11. The van der Waals surface area contributed by atoms with Gasteiger partial charge in [0.15, 0.2) is 0 Å². The first-order valence-electron chi connectivity index (χ1n) is 5.75. The summed E-state index contributed by atoms with van der Waals surface area (Å²) in [7, 11) is 0. The van der Waals surface area contributed by atoms with Crippen LogP contribution >= 0.6 is 0 Å². The average Bonchev–Trinajstić information content (AvgIpc) is 2.81. The van der Waals surface area contributed by atoms with Crippen molar-refractivity contribution in [2.45, 2.75) is 26.3 Å². The molecule has 0 saturated carbocycles. The van der Waals surface area contributed by atoms with E-state index in [4.69, 9.17) is 4.42 Å². The third-order valence-electron chi connectivity index (χ3n) is 2.98. The Morgan fingerprint density at radius 2 is 2.28 bits per heavy atom. The number of furan rings is 1. The zero-order valence-corrected chi connectivity index (χ0v) is 10.2. The molecule has 0 bridgehead atoms. The topological polar surface area (TPSA) is 79.6 Å². The molecule has 0 spiro atoms. The van der Waals surface area contributed by atoms with Crippen LogP contribution in [0.1, 0.15) is 30.0 Å². The Balaban J connectivity index is 2.27. The second-order valence-electron chi connectivity index (χ2n) is 4.13. The van der Waals surface area contributed by atoms with Crippen molar-refractivity contribution in [2.24, 2.45) is 0 Å². The van der Waals surface area contributed by atoms with E-state index in [1.165, 1.54) is 11.2 Å². The maximum Gasteiger partial charge on any atom is 0.258 e. The second kappa shape index (κ2) is 4.64. The number of hydrogen-bond acceptors (Lipinski definition) is 4. The summed E-state index contributed by atoms with van der Waals surface area (Å²) in [5, 5.41) is 2.19. The highest BCUT2D eigenvalue weighted by Crippen LogP contribution is 2.17. The van der Waals surface area contributed by atoms with Crippen molar-refractivity contribution in [3.05, 3.63) is 23.7 Å². The number of amides is 3. The number of imide groups is 1. The van der Waals surface area contributed by atoms with Crippen LogP contribution in [0.3, 0.4) is 0 Å². The Morgan fingerprint density at radius 3 is 2.94 bits per heavy atom. The van der Waals surface area contributed by atoms with E-state index in [1.807, 2.05) is 6.92 Å². The van der Waals surface area contributed by atoms with Gasteiger partial charge in [-0.1, -0.05) is 6.92 Å². The lowest BCUT2D eigenvalue weighted by Gasteiger charge is -2.31. The van der Waals surface area contributed by atoms with Gasteiger partial charge in [-0.25, -0.2) is 0 Å². The number of carbonyl (C=O) groups excluding carboxylic acids is 3. The fraction of sp³-hybridized carbons (Fsp3) is 0.417. The first-order chi connectivity index (χ1) is 8.54. The van der Waals surface area contributed by atoms with Gasteiger partial charge in [-0.15, -0.1) is 0 Å². The summed E-state index contributed by atoms with van der Waals surface area (Å²) in [6, 6.07) is 0.903. The molecule has 1 saturated heterocycles. The SMILES string of the molecule is CCc1occc1C(=O)N1CC(=O)NC(=O)C1C. The van der Waals surface area contributed by atoms with Gasteiger partial charge in [0, 0.05) is 6.42 Å². The van der Waals surface area contributed by atoms with Crippen LogP contribution in [0.5, 0.6) is 0 Å². The van der Waals surface area contributed by atoms with Crippen molar-refractivity contribution in [1.29, 1.82) is 0 Å². The standard InChI is InChI=1S/C12H14N2O4/c1-3-9-8(4-5-18-9)12(17)14-6-10(15)13-11(16)7(14)2/h4-5,7H,3,6H2,1-2H3,(H,13,15,16). The highest BCUT2D eigenvalue weighted by Gasteiger charge is 2.35. The number of rotatable bonds is 2. The van der Waals surface area contributed by atoms with Gasteiger partial charge in [0.2, 0.25) is 11.8 Å². The minimum atomic E-state index is -0.658. The molecular formula is C12H14N2O4. The van der Waals surface area contributed by atoms with E-state index < -0.39 is 17.9 Å². The van der Waals surface area contributed by atoms with Gasteiger partial charge in [-0.3, -0.25) is 19.7 Å². The molecule has 6 nitrogen and oxygen atoms in total. The van der Waals surface area contributed by atoms with Gasteiger partial charge < -0.3 is 9.32 Å². The molecule has 0 radical (unpaired) electrons. The summed E-state index contributed by atoms with van der Waals surface area (Å²) in [6.45, 7) is 3.35. The minimum Gasteiger partial charge on any atom is -0.469 e. The Bertz CT molecular complexity index is 506. The molecule has 0 aromatic carbocycles. The van der Waals surface area contributed by atoms with Crippen LogP contribution in [0.25, 0.3) is 0 Å². The Labute approximate surface area is 104 Å². The quantitative estimate of drug-likeness (QED) is 0.767. The zero-order valence-electron chi connectivity index (χ0n) is 10.2. The Morgan fingerprint density at radius 1 is 1.56 bits per heavy atom. The molecule has 6 heteroatoms. The van der Waals surface area contributed by atoms with E-state index >= 15 is 0 Å². The van der Waals surface area contributed by atoms with Crippen LogP contribution in [0.15, 0.2) is 16.7 Å². The van der Waals surface area contributed by atoms with Gasteiger partial charge in [0.1, 0.15) is 18.3 Å². The van der Waals surface area contributed by atoms with Gasteiger partial charge in [-0.05, 0) is 13.0 Å². The van der Waals surface area contributed by atoms with Gasteiger partial charge >= 0.3 is 0 Å². The van der Waals surface area contributed by atoms with Crippen LogP contribution in [-0.4, -0.2) is 35.2 Å². The highest BCUT2D eigenvalue weighted by molar-refractivity contribution is 6.07. The lowest BCUT2D eigenvalue weighted by atomic mass is 10.1. The first kappa shape index (κ1) is 12.3. The summed E-state index contributed by atoms with van der Waals surface area (Å²) >= 11 is 0. The summed E-state index contributed by atoms with van der Waals surface area (Å²) in [5.74, 6) is -0.712. The molecule has 1 aromatic rings. The second-order valence-corrected chi connectivity index (χ2v) is 4.13. The number of carbonyl (C=O) groups is 3. The van der Waals surface area contributed by atoms with Crippen LogP contribution in [-0.2, 0) is 16.0 Å². The number of aryl methyl sites for hydroxylation is 1. The van der Waals surface area contributed by atoms with Gasteiger partial charge in [-0.2, -0.15) is 0 Å². The zero-order chi connectivity index (χ0) is 13.3. The molecule has 96 valence electrons. The third kappa shape index (κ3) is 2.01. The summed E-state index contributed by atoms with van der Waals surface area (Å²) in [4.78, 5) is 36.3. The van der Waals surface area contributed by atoms with E-state index in [-0.39, 0.29) is 12.5 Å². The summed E-state index contributed by atoms with van der Waals surface area (Å²) in [5.41, 5.74) is 0.409. The van der Waals surface area contributed by atoms with Crippen LogP contribution < -0.4 is 5.32 Å². The predicted octanol–water partition coefficient (Wildman–Crippen LogP) is 0.329. The molecule has 2 heterocycles. The van der Waals surface area contributed by atoms with Gasteiger partial charge in [0.05, 0.1) is 11.8 Å². The molecule has 0 aliphatic carbocycles. The number of nitrogens with one attached hydrogen (secondary N) is 1. The maximum atomic E-state index is 12.3. The molecule has 1 N–H and O–H groups in total. The Kier molecular flexibility index (Phi) is 3.18. The first-order valence-corrected chi connectivity index (χ1v) is 5.75. The lowest BCUT2D eigenvalue weighted by Crippen LogP contribution is -2.58. The molecule has 1 atom stereocenters. The average molecular weight is 250 g/mol. The summed E-state index contributed by atoms with van der Waals surface area (Å²) < 4.78 is 5.18. The molecular weight excluding hydrogens is 236 g/mol. The van der Waals surface area contributed by atoms with Crippen molar-refractivity contribution >= 4 is 17.7 Å². The van der Waals surface area contributed by atoms with E-state index in [9.17, 15) is 14.4 Å². The van der Waals surface area contributed by atoms with Crippen molar-refractivity contribution in [3.8, 4) is 0 Å². The largest absolute Gasteiger partial charge is 0.469 e. The molecule has 1 fully saturated rings. The highest BCUT2D eigenvalue weighted by atomic mass is 16.3. The molecule has 1 aromatic heterocycles. The lowest BCUT2D eigenvalue weighted by molar-refractivity contribution is -0.138. The predicted molar refractivity (Wildman–Crippen MR) is 61.7 cm³/mol. The van der Waals surface area contributed by atoms with E-state index in [1.54, 1.807) is 13.0 Å². The number of hydrogen-bond donors (Lipinski definition) is 1. The number of piperazine rings is 1.